The molecule has 0 unspecified atom stereocenters. The van der Waals surface area contributed by atoms with Crippen molar-refractivity contribution in [2.24, 2.45) is 0 Å². The Balaban J connectivity index is 2.11. The standard InChI is InChI=1S/C16H19BO3/c1-11-4-5-12(2)16(13(11)3)20-10-14-6-8-15(9-7-14)17(18)19/h4-9,18-19H,10H2,1-3H3. The molecule has 0 aliphatic heterocycles. The molecule has 4 heteroatoms. The normalized spacial score (nSPS) is 10.4. The van der Waals surface area contributed by atoms with Crippen molar-refractivity contribution in [3.8, 4) is 5.75 Å². The quantitative estimate of drug-likeness (QED) is 0.834. The SMILES string of the molecule is Cc1ccc(C)c(OCc2ccc(B(O)O)cc2)c1C. The third-order valence-electron chi connectivity index (χ3n) is 3.53. The molecule has 104 valence electrons. The van der Waals surface area contributed by atoms with E-state index in [0.29, 0.717) is 12.1 Å². The molecule has 0 atom stereocenters. The summed E-state index contributed by atoms with van der Waals surface area (Å²) in [5.74, 6) is 0.927. The van der Waals surface area contributed by atoms with Gasteiger partial charge >= 0.3 is 7.12 Å². The average molecular weight is 270 g/mol. The van der Waals surface area contributed by atoms with E-state index in [1.165, 1.54) is 5.56 Å². The molecule has 0 aromatic heterocycles. The zero-order chi connectivity index (χ0) is 14.7. The molecule has 0 heterocycles. The molecule has 0 bridgehead atoms. The van der Waals surface area contributed by atoms with Gasteiger partial charge in [0, 0.05) is 0 Å². The summed E-state index contributed by atoms with van der Waals surface area (Å²) < 4.78 is 5.91. The highest BCUT2D eigenvalue weighted by Crippen LogP contribution is 2.26. The number of hydrogen-bond acceptors (Lipinski definition) is 3. The second kappa shape index (κ2) is 6.12. The largest absolute Gasteiger partial charge is 0.488 e. The van der Waals surface area contributed by atoms with Crippen molar-refractivity contribution >= 4 is 12.6 Å². The van der Waals surface area contributed by atoms with Gasteiger partial charge in [-0.25, -0.2) is 0 Å². The molecular weight excluding hydrogens is 251 g/mol. The Bertz CT molecular complexity index is 591. The summed E-state index contributed by atoms with van der Waals surface area (Å²) in [5.41, 5.74) is 4.97. The first kappa shape index (κ1) is 14.6. The molecule has 0 fully saturated rings. The van der Waals surface area contributed by atoms with Crippen LogP contribution in [0.1, 0.15) is 22.3 Å². The van der Waals surface area contributed by atoms with E-state index in [1.54, 1.807) is 12.1 Å². The van der Waals surface area contributed by atoms with Crippen LogP contribution in [0.4, 0.5) is 0 Å². The lowest BCUT2D eigenvalue weighted by Gasteiger charge is -2.14. The Morgan fingerprint density at radius 2 is 1.50 bits per heavy atom. The third kappa shape index (κ3) is 3.21. The molecule has 3 nitrogen and oxygen atoms in total. The fraction of sp³-hybridized carbons (Fsp3) is 0.250. The Hall–Kier alpha value is -1.78. The molecule has 0 aliphatic carbocycles. The lowest BCUT2D eigenvalue weighted by Crippen LogP contribution is -2.29. The molecular formula is C16H19BO3. The summed E-state index contributed by atoms with van der Waals surface area (Å²) >= 11 is 0. The van der Waals surface area contributed by atoms with Crippen molar-refractivity contribution in [3.63, 3.8) is 0 Å². The van der Waals surface area contributed by atoms with E-state index >= 15 is 0 Å². The lowest BCUT2D eigenvalue weighted by atomic mass is 9.80. The maximum Gasteiger partial charge on any atom is 0.488 e. The van der Waals surface area contributed by atoms with Crippen molar-refractivity contribution in [1.29, 1.82) is 0 Å². The van der Waals surface area contributed by atoms with Gasteiger partial charge in [-0.1, -0.05) is 36.4 Å². The number of hydrogen-bond donors (Lipinski definition) is 2. The minimum atomic E-state index is -1.42. The average Bonchev–Trinajstić information content (AvgIpc) is 2.43. The second-order valence-corrected chi connectivity index (χ2v) is 5.06. The van der Waals surface area contributed by atoms with Crippen LogP contribution < -0.4 is 10.2 Å². The van der Waals surface area contributed by atoms with Gasteiger partial charge in [0.05, 0.1) is 0 Å². The first-order valence-corrected chi connectivity index (χ1v) is 6.63. The van der Waals surface area contributed by atoms with E-state index in [1.807, 2.05) is 19.1 Å². The van der Waals surface area contributed by atoms with Crippen molar-refractivity contribution in [3.05, 3.63) is 58.7 Å². The van der Waals surface area contributed by atoms with Crippen LogP contribution in [0.25, 0.3) is 0 Å². The van der Waals surface area contributed by atoms with Crippen molar-refractivity contribution in [2.45, 2.75) is 27.4 Å². The molecule has 20 heavy (non-hydrogen) atoms. The van der Waals surface area contributed by atoms with E-state index in [9.17, 15) is 0 Å². The van der Waals surface area contributed by atoms with Crippen molar-refractivity contribution in [2.75, 3.05) is 0 Å². The van der Waals surface area contributed by atoms with E-state index in [2.05, 4.69) is 26.0 Å². The maximum absolute atomic E-state index is 9.05. The first-order chi connectivity index (χ1) is 9.49. The van der Waals surface area contributed by atoms with Gasteiger partial charge in [0.25, 0.3) is 0 Å². The first-order valence-electron chi connectivity index (χ1n) is 6.63. The fourth-order valence-corrected chi connectivity index (χ4v) is 2.09. The summed E-state index contributed by atoms with van der Waals surface area (Å²) in [7, 11) is -1.42. The Morgan fingerprint density at radius 3 is 2.10 bits per heavy atom. The van der Waals surface area contributed by atoms with Crippen LogP contribution >= 0.6 is 0 Å². The summed E-state index contributed by atoms with van der Waals surface area (Å²) in [4.78, 5) is 0. The predicted octanol–water partition coefficient (Wildman–Crippen LogP) is 1.87. The summed E-state index contributed by atoms with van der Waals surface area (Å²) in [5, 5.41) is 18.1. The summed E-state index contributed by atoms with van der Waals surface area (Å²) in [6.07, 6.45) is 0. The predicted molar refractivity (Wildman–Crippen MR) is 81.3 cm³/mol. The molecule has 0 saturated heterocycles. The zero-order valence-electron chi connectivity index (χ0n) is 12.1. The molecule has 0 saturated carbocycles. The van der Waals surface area contributed by atoms with Gasteiger partial charge in [-0.3, -0.25) is 0 Å². The van der Waals surface area contributed by atoms with Crippen LogP contribution in [0.5, 0.6) is 5.75 Å². The van der Waals surface area contributed by atoms with Crippen LogP contribution in [-0.4, -0.2) is 17.2 Å². The van der Waals surface area contributed by atoms with Crippen molar-refractivity contribution in [1.82, 2.24) is 0 Å². The summed E-state index contributed by atoms with van der Waals surface area (Å²) in [6.45, 7) is 6.63. The van der Waals surface area contributed by atoms with E-state index in [-0.39, 0.29) is 0 Å². The monoisotopic (exact) mass is 270 g/mol. The molecule has 2 rings (SSSR count). The van der Waals surface area contributed by atoms with Crippen LogP contribution in [0.15, 0.2) is 36.4 Å². The molecule has 2 aromatic carbocycles. The second-order valence-electron chi connectivity index (χ2n) is 5.06. The maximum atomic E-state index is 9.05. The van der Waals surface area contributed by atoms with Gasteiger partial charge < -0.3 is 14.8 Å². The highest BCUT2D eigenvalue weighted by Gasteiger charge is 2.10. The zero-order valence-corrected chi connectivity index (χ0v) is 12.1. The van der Waals surface area contributed by atoms with Crippen molar-refractivity contribution < 1.29 is 14.8 Å². The van der Waals surface area contributed by atoms with Crippen LogP contribution in [-0.2, 0) is 6.61 Å². The minimum absolute atomic E-state index is 0.465. The molecule has 2 aromatic rings. The van der Waals surface area contributed by atoms with Gasteiger partial charge in [-0.05, 0) is 48.5 Å². The highest BCUT2D eigenvalue weighted by molar-refractivity contribution is 6.58. The molecule has 0 amide bonds. The number of rotatable bonds is 4. The number of benzene rings is 2. The Kier molecular flexibility index (Phi) is 4.48. The lowest BCUT2D eigenvalue weighted by molar-refractivity contribution is 0.301. The van der Waals surface area contributed by atoms with E-state index in [0.717, 1.165) is 22.4 Å². The fourth-order valence-electron chi connectivity index (χ4n) is 2.09. The van der Waals surface area contributed by atoms with Gasteiger partial charge in [0.2, 0.25) is 0 Å². The minimum Gasteiger partial charge on any atom is -0.488 e. The highest BCUT2D eigenvalue weighted by atomic mass is 16.5. The molecule has 2 N–H and O–H groups in total. The number of ether oxygens (including phenoxy) is 1. The van der Waals surface area contributed by atoms with E-state index < -0.39 is 7.12 Å². The van der Waals surface area contributed by atoms with Crippen LogP contribution in [0.3, 0.4) is 0 Å². The van der Waals surface area contributed by atoms with Gasteiger partial charge in [0.15, 0.2) is 0 Å². The Morgan fingerprint density at radius 1 is 0.900 bits per heavy atom. The number of aryl methyl sites for hydroxylation is 2. The van der Waals surface area contributed by atoms with E-state index in [4.69, 9.17) is 14.8 Å². The molecule has 0 spiro atoms. The molecule has 0 aliphatic rings. The van der Waals surface area contributed by atoms with Gasteiger partial charge in [-0.15, -0.1) is 0 Å². The summed E-state index contributed by atoms with van der Waals surface area (Å²) in [6, 6.07) is 11.2. The topological polar surface area (TPSA) is 49.7 Å². The van der Waals surface area contributed by atoms with Gasteiger partial charge in [-0.2, -0.15) is 0 Å². The molecule has 0 radical (unpaired) electrons. The van der Waals surface area contributed by atoms with Gasteiger partial charge in [0.1, 0.15) is 12.4 Å². The van der Waals surface area contributed by atoms with Crippen LogP contribution in [0.2, 0.25) is 0 Å². The Labute approximate surface area is 120 Å². The smallest absolute Gasteiger partial charge is 0.488 e. The third-order valence-corrected chi connectivity index (χ3v) is 3.53. The van der Waals surface area contributed by atoms with Crippen LogP contribution in [0, 0.1) is 20.8 Å².